The average molecular weight is 349 g/mol. The number of ether oxygens (including phenoxy) is 1. The summed E-state index contributed by atoms with van der Waals surface area (Å²) in [6.07, 6.45) is -5.09. The Morgan fingerprint density at radius 3 is 2.08 bits per heavy atom. The molecule has 0 atom stereocenters. The summed E-state index contributed by atoms with van der Waals surface area (Å²) < 4.78 is 49.6. The van der Waals surface area contributed by atoms with Crippen LogP contribution in [0.2, 0.25) is 0 Å². The van der Waals surface area contributed by atoms with Crippen LogP contribution in [0.5, 0.6) is 5.88 Å². The number of pyridine rings is 1. The van der Waals surface area contributed by atoms with E-state index in [-0.39, 0.29) is 17.4 Å². The van der Waals surface area contributed by atoms with Gasteiger partial charge >= 0.3 is 13.3 Å². The van der Waals surface area contributed by atoms with Gasteiger partial charge in [-0.1, -0.05) is 0 Å². The van der Waals surface area contributed by atoms with E-state index in [0.717, 1.165) is 0 Å². The van der Waals surface area contributed by atoms with Gasteiger partial charge < -0.3 is 19.5 Å². The second kappa shape index (κ2) is 6.89. The molecule has 0 aliphatic carbocycles. The minimum Gasteiger partial charge on any atom is -0.475 e. The van der Waals surface area contributed by atoms with Crippen molar-refractivity contribution in [3.05, 3.63) is 17.8 Å². The van der Waals surface area contributed by atoms with E-state index >= 15 is 0 Å². The summed E-state index contributed by atoms with van der Waals surface area (Å²) in [5.74, 6) is -0.265. The summed E-state index contributed by atoms with van der Waals surface area (Å²) in [5, 5.41) is 20.2. The third kappa shape index (κ3) is 5.36. The van der Waals surface area contributed by atoms with Crippen molar-refractivity contribution in [1.29, 1.82) is 0 Å². The molecule has 0 radical (unpaired) electrons. The third-order valence-electron chi connectivity index (χ3n) is 3.64. The maximum atomic E-state index is 13.0. The second-order valence-electron chi connectivity index (χ2n) is 6.83. The number of alkyl halides is 3. The first kappa shape index (κ1) is 20.7. The quantitative estimate of drug-likeness (QED) is 0.770. The Morgan fingerprint density at radius 1 is 1.12 bits per heavy atom. The Balaban J connectivity index is 3.22. The highest BCUT2D eigenvalue weighted by molar-refractivity contribution is 6.60. The summed E-state index contributed by atoms with van der Waals surface area (Å²) in [7, 11) is -1.69. The van der Waals surface area contributed by atoms with Gasteiger partial charge in [0.05, 0.1) is 17.3 Å². The molecule has 1 rings (SSSR count). The van der Waals surface area contributed by atoms with E-state index in [1.165, 1.54) is 33.8 Å². The van der Waals surface area contributed by atoms with E-state index in [9.17, 15) is 23.3 Å². The smallest absolute Gasteiger partial charge is 0.475 e. The lowest BCUT2D eigenvalue weighted by molar-refractivity contribution is -0.141. The summed E-state index contributed by atoms with van der Waals surface area (Å²) in [5.41, 5.74) is -3.90. The molecule has 1 aromatic rings. The zero-order valence-corrected chi connectivity index (χ0v) is 14.6. The van der Waals surface area contributed by atoms with Gasteiger partial charge in [-0.05, 0) is 53.1 Å². The van der Waals surface area contributed by atoms with Gasteiger partial charge in [0.1, 0.15) is 5.69 Å². The summed E-state index contributed by atoms with van der Waals surface area (Å²) >= 11 is 0. The molecule has 0 saturated carbocycles. The van der Waals surface area contributed by atoms with Crippen molar-refractivity contribution >= 4 is 12.6 Å². The van der Waals surface area contributed by atoms with E-state index in [2.05, 4.69) is 4.98 Å². The minimum atomic E-state index is -4.70. The van der Waals surface area contributed by atoms with Crippen LogP contribution in [0, 0.1) is 0 Å². The standard InChI is InChI=1S/C15H23BF3NO4/c1-9(2)23-12-8-10(7-11(20-12)15(17,18)19)16(22)24-14(5,6)13(3,4)21/h7-9,21-22H,1-6H3. The first-order valence-electron chi connectivity index (χ1n) is 7.47. The lowest BCUT2D eigenvalue weighted by Crippen LogP contribution is -2.53. The molecule has 0 bridgehead atoms. The van der Waals surface area contributed by atoms with Gasteiger partial charge in [-0.15, -0.1) is 0 Å². The molecule has 0 saturated heterocycles. The molecule has 5 nitrogen and oxygen atoms in total. The van der Waals surface area contributed by atoms with Crippen LogP contribution in [0.1, 0.15) is 47.2 Å². The highest BCUT2D eigenvalue weighted by Crippen LogP contribution is 2.29. The number of aromatic nitrogens is 1. The molecule has 2 N–H and O–H groups in total. The van der Waals surface area contributed by atoms with Crippen molar-refractivity contribution in [2.75, 3.05) is 0 Å². The summed E-state index contributed by atoms with van der Waals surface area (Å²) in [4.78, 5) is 3.41. The molecule has 136 valence electrons. The van der Waals surface area contributed by atoms with E-state index in [1.807, 2.05) is 0 Å². The van der Waals surface area contributed by atoms with Crippen LogP contribution in [0.25, 0.3) is 0 Å². The Morgan fingerprint density at radius 2 is 1.67 bits per heavy atom. The van der Waals surface area contributed by atoms with E-state index in [1.54, 1.807) is 13.8 Å². The molecule has 0 amide bonds. The molecule has 0 unspecified atom stereocenters. The second-order valence-corrected chi connectivity index (χ2v) is 6.83. The summed E-state index contributed by atoms with van der Waals surface area (Å²) in [6, 6.07) is 1.87. The normalized spacial score (nSPS) is 13.3. The van der Waals surface area contributed by atoms with Crippen molar-refractivity contribution in [3.63, 3.8) is 0 Å². The summed E-state index contributed by atoms with van der Waals surface area (Å²) in [6.45, 7) is 9.28. The van der Waals surface area contributed by atoms with Gasteiger partial charge in [-0.25, -0.2) is 4.98 Å². The monoisotopic (exact) mass is 349 g/mol. The van der Waals surface area contributed by atoms with Crippen LogP contribution in [0.4, 0.5) is 13.2 Å². The molecule has 0 spiro atoms. The minimum absolute atomic E-state index is 0.162. The van der Waals surface area contributed by atoms with Gasteiger partial charge in [-0.2, -0.15) is 13.2 Å². The van der Waals surface area contributed by atoms with Crippen molar-refractivity contribution in [2.45, 2.75) is 65.0 Å². The first-order chi connectivity index (χ1) is 10.6. The lowest BCUT2D eigenvalue weighted by atomic mass is 9.76. The van der Waals surface area contributed by atoms with Crippen LogP contribution in [-0.4, -0.2) is 39.5 Å². The number of hydrogen-bond acceptors (Lipinski definition) is 5. The number of hydrogen-bond donors (Lipinski definition) is 2. The number of halogens is 3. The lowest BCUT2D eigenvalue weighted by Gasteiger charge is -2.38. The molecule has 0 aromatic carbocycles. The highest BCUT2D eigenvalue weighted by Gasteiger charge is 2.41. The fraction of sp³-hybridized carbons (Fsp3) is 0.667. The molecule has 0 fully saturated rings. The molecule has 0 aliphatic rings. The zero-order valence-electron chi connectivity index (χ0n) is 14.6. The molecule has 1 heterocycles. The highest BCUT2D eigenvalue weighted by atomic mass is 19.4. The van der Waals surface area contributed by atoms with Crippen LogP contribution in [0.3, 0.4) is 0 Å². The molecule has 0 aliphatic heterocycles. The SMILES string of the molecule is CC(C)Oc1cc(B(O)OC(C)(C)C(C)(C)O)cc(C(F)(F)F)n1. The Kier molecular flexibility index (Phi) is 5.95. The zero-order chi connectivity index (χ0) is 18.9. The predicted molar refractivity (Wildman–Crippen MR) is 84.1 cm³/mol. The topological polar surface area (TPSA) is 71.8 Å². The van der Waals surface area contributed by atoms with Gasteiger partial charge in [0.25, 0.3) is 0 Å². The number of rotatable bonds is 6. The van der Waals surface area contributed by atoms with Crippen molar-refractivity contribution in [3.8, 4) is 5.88 Å². The van der Waals surface area contributed by atoms with Gasteiger partial charge in [0, 0.05) is 6.07 Å². The first-order valence-corrected chi connectivity index (χ1v) is 7.47. The third-order valence-corrected chi connectivity index (χ3v) is 3.64. The fourth-order valence-electron chi connectivity index (χ4n) is 1.61. The Labute approximate surface area is 140 Å². The van der Waals surface area contributed by atoms with Gasteiger partial charge in [0.2, 0.25) is 5.88 Å². The maximum absolute atomic E-state index is 13.0. The average Bonchev–Trinajstić information content (AvgIpc) is 2.34. The van der Waals surface area contributed by atoms with Crippen molar-refractivity contribution < 1.29 is 32.7 Å². The van der Waals surface area contributed by atoms with E-state index < -0.39 is 30.2 Å². The van der Waals surface area contributed by atoms with Crippen LogP contribution in [0.15, 0.2) is 12.1 Å². The van der Waals surface area contributed by atoms with Crippen LogP contribution >= 0.6 is 0 Å². The van der Waals surface area contributed by atoms with Crippen molar-refractivity contribution in [2.24, 2.45) is 0 Å². The molecule has 1 aromatic heterocycles. The number of nitrogens with zero attached hydrogens (tertiary/aromatic N) is 1. The molecule has 24 heavy (non-hydrogen) atoms. The molecular weight excluding hydrogens is 326 g/mol. The van der Waals surface area contributed by atoms with Gasteiger partial charge in [0.15, 0.2) is 0 Å². The predicted octanol–water partition coefficient (Wildman–Crippen LogP) is 2.14. The largest absolute Gasteiger partial charge is 0.491 e. The van der Waals surface area contributed by atoms with Crippen molar-refractivity contribution in [1.82, 2.24) is 4.98 Å². The van der Waals surface area contributed by atoms with E-state index in [0.29, 0.717) is 6.07 Å². The molecular formula is C15H23BF3NO4. The van der Waals surface area contributed by atoms with E-state index in [4.69, 9.17) is 9.39 Å². The number of aliphatic hydroxyl groups is 1. The Bertz CT molecular complexity index is 571. The van der Waals surface area contributed by atoms with Gasteiger partial charge in [-0.3, -0.25) is 0 Å². The fourth-order valence-corrected chi connectivity index (χ4v) is 1.61. The van der Waals surface area contributed by atoms with Crippen LogP contribution < -0.4 is 10.2 Å². The maximum Gasteiger partial charge on any atom is 0.491 e. The Hall–Kier alpha value is -1.32. The molecule has 9 heteroatoms. The van der Waals surface area contributed by atoms with Crippen LogP contribution in [-0.2, 0) is 10.8 Å².